The summed E-state index contributed by atoms with van der Waals surface area (Å²) in [5.41, 5.74) is 2.62. The van der Waals surface area contributed by atoms with Crippen LogP contribution in [0.3, 0.4) is 0 Å². The van der Waals surface area contributed by atoms with E-state index in [2.05, 4.69) is 10.3 Å². The molecule has 104 valence electrons. The Morgan fingerprint density at radius 2 is 2.26 bits per heavy atom. The lowest BCUT2D eigenvalue weighted by atomic mass is 9.85. The third-order valence-electron chi connectivity index (χ3n) is 4.53. The van der Waals surface area contributed by atoms with Crippen molar-refractivity contribution in [1.29, 1.82) is 0 Å². The van der Waals surface area contributed by atoms with Crippen molar-refractivity contribution in [2.75, 3.05) is 6.54 Å². The zero-order chi connectivity index (χ0) is 13.2. The van der Waals surface area contributed by atoms with Gasteiger partial charge < -0.3 is 4.42 Å². The summed E-state index contributed by atoms with van der Waals surface area (Å²) in [7, 11) is 0. The Morgan fingerprint density at radius 1 is 1.42 bits per heavy atom. The second-order valence-corrected chi connectivity index (χ2v) is 5.65. The number of nitrogens with one attached hydrogen (secondary N) is 1. The third-order valence-corrected chi connectivity index (χ3v) is 4.53. The molecule has 5 heteroatoms. The minimum absolute atomic E-state index is 0.299. The van der Waals surface area contributed by atoms with Gasteiger partial charge in [0.2, 0.25) is 0 Å². The number of nitrogens with zero attached hydrogens (tertiary/aromatic N) is 1. The molecule has 5 nitrogen and oxygen atoms in total. The Hall–Kier alpha value is -1.33. The van der Waals surface area contributed by atoms with Crippen LogP contribution in [0.1, 0.15) is 48.2 Å². The Labute approximate surface area is 113 Å². The van der Waals surface area contributed by atoms with Gasteiger partial charge in [-0.25, -0.2) is 5.84 Å². The van der Waals surface area contributed by atoms with Crippen molar-refractivity contribution in [3.63, 3.8) is 0 Å². The van der Waals surface area contributed by atoms with Crippen LogP contribution in [0.15, 0.2) is 16.7 Å². The van der Waals surface area contributed by atoms with Gasteiger partial charge in [-0.15, -0.1) is 0 Å². The number of fused-ring (bicyclic) bond motifs is 1. The number of hydrogen-bond acceptors (Lipinski definition) is 4. The van der Waals surface area contributed by atoms with Gasteiger partial charge in [-0.05, 0) is 37.8 Å². The molecule has 3 rings (SSSR count). The Morgan fingerprint density at radius 3 is 3.11 bits per heavy atom. The van der Waals surface area contributed by atoms with Crippen molar-refractivity contribution in [1.82, 2.24) is 10.3 Å². The topological polar surface area (TPSA) is 71.5 Å². The first-order chi connectivity index (χ1) is 9.28. The van der Waals surface area contributed by atoms with Crippen molar-refractivity contribution in [2.45, 2.75) is 44.7 Å². The van der Waals surface area contributed by atoms with E-state index in [4.69, 9.17) is 10.3 Å². The fourth-order valence-corrected chi connectivity index (χ4v) is 3.57. The number of furan rings is 1. The van der Waals surface area contributed by atoms with Gasteiger partial charge in [0, 0.05) is 6.04 Å². The maximum Gasteiger partial charge on any atom is 0.268 e. The summed E-state index contributed by atoms with van der Waals surface area (Å²) in [5.74, 6) is 6.54. The monoisotopic (exact) mass is 263 g/mol. The van der Waals surface area contributed by atoms with E-state index in [-0.39, 0.29) is 5.91 Å². The van der Waals surface area contributed by atoms with Gasteiger partial charge in [-0.1, -0.05) is 12.8 Å². The number of carbonyl (C=O) groups is 1. The summed E-state index contributed by atoms with van der Waals surface area (Å²) in [6.45, 7) is 1.95. The van der Waals surface area contributed by atoms with Gasteiger partial charge in [0.25, 0.3) is 5.91 Å². The fraction of sp³-hybridized carbons (Fsp3) is 0.643. The number of nitrogen functional groups attached to an aromatic ring is 1. The minimum Gasteiger partial charge on any atom is -0.467 e. The molecule has 2 atom stereocenters. The van der Waals surface area contributed by atoms with E-state index < -0.39 is 0 Å². The molecule has 1 aromatic heterocycles. The molecule has 1 saturated carbocycles. The molecule has 1 saturated heterocycles. The van der Waals surface area contributed by atoms with Crippen molar-refractivity contribution in [3.05, 3.63) is 23.7 Å². The molecular formula is C14H21N3O2. The molecule has 0 bridgehead atoms. The van der Waals surface area contributed by atoms with Crippen LogP contribution in [0.25, 0.3) is 0 Å². The minimum atomic E-state index is -0.299. The summed E-state index contributed by atoms with van der Waals surface area (Å²) in [6, 6.07) is 2.50. The smallest absolute Gasteiger partial charge is 0.268 e. The molecule has 1 aromatic rings. The highest BCUT2D eigenvalue weighted by Gasteiger charge is 2.35. The van der Waals surface area contributed by atoms with Crippen LogP contribution in [0.5, 0.6) is 0 Å². The van der Waals surface area contributed by atoms with Crippen LogP contribution in [0.4, 0.5) is 0 Å². The molecule has 3 N–H and O–H groups in total. The van der Waals surface area contributed by atoms with Gasteiger partial charge in [0.1, 0.15) is 12.0 Å². The van der Waals surface area contributed by atoms with E-state index in [1.165, 1.54) is 38.4 Å². The predicted molar refractivity (Wildman–Crippen MR) is 71.1 cm³/mol. The molecule has 2 aliphatic rings. The molecular weight excluding hydrogens is 242 g/mol. The standard InChI is InChI=1S/C14H21N3O2/c15-16-14(18)11-7-12(19-9-11)8-17-6-5-10-3-1-2-4-13(10)17/h7,9-10,13H,1-6,8,15H2,(H,16,18). The highest BCUT2D eigenvalue weighted by molar-refractivity contribution is 5.93. The number of likely N-dealkylation sites (tertiary alicyclic amines) is 1. The number of hydrazine groups is 1. The maximum absolute atomic E-state index is 11.4. The predicted octanol–water partition coefficient (Wildman–Crippen LogP) is 1.65. The Balaban J connectivity index is 1.65. The zero-order valence-electron chi connectivity index (χ0n) is 11.1. The van der Waals surface area contributed by atoms with Crippen molar-refractivity contribution < 1.29 is 9.21 Å². The largest absolute Gasteiger partial charge is 0.467 e. The molecule has 0 aromatic carbocycles. The van der Waals surface area contributed by atoms with Crippen LogP contribution < -0.4 is 11.3 Å². The van der Waals surface area contributed by atoms with Crippen molar-refractivity contribution in [2.24, 2.45) is 11.8 Å². The summed E-state index contributed by atoms with van der Waals surface area (Å²) in [5, 5.41) is 0. The molecule has 1 aliphatic heterocycles. The lowest BCUT2D eigenvalue weighted by molar-refractivity contribution is 0.0953. The number of rotatable bonds is 3. The van der Waals surface area contributed by atoms with E-state index in [1.54, 1.807) is 6.07 Å². The fourth-order valence-electron chi connectivity index (χ4n) is 3.57. The van der Waals surface area contributed by atoms with Crippen LogP contribution in [-0.2, 0) is 6.54 Å². The van der Waals surface area contributed by atoms with Gasteiger partial charge >= 0.3 is 0 Å². The average molecular weight is 263 g/mol. The first-order valence-corrected chi connectivity index (χ1v) is 7.10. The van der Waals surface area contributed by atoms with Crippen LogP contribution in [0, 0.1) is 5.92 Å². The quantitative estimate of drug-likeness (QED) is 0.494. The maximum atomic E-state index is 11.4. The molecule has 1 aliphatic carbocycles. The molecule has 19 heavy (non-hydrogen) atoms. The number of amides is 1. The summed E-state index contributed by atoms with van der Waals surface area (Å²) >= 11 is 0. The summed E-state index contributed by atoms with van der Waals surface area (Å²) < 4.78 is 5.47. The highest BCUT2D eigenvalue weighted by atomic mass is 16.3. The van der Waals surface area contributed by atoms with E-state index in [9.17, 15) is 4.79 Å². The SMILES string of the molecule is NNC(=O)c1coc(CN2CCC3CCCCC32)c1. The van der Waals surface area contributed by atoms with Crippen molar-refractivity contribution in [3.8, 4) is 0 Å². The first-order valence-electron chi connectivity index (χ1n) is 7.10. The summed E-state index contributed by atoms with van der Waals surface area (Å²) in [6.07, 6.45) is 8.20. The first kappa shape index (κ1) is 12.7. The Bertz CT molecular complexity index is 457. The second kappa shape index (κ2) is 5.35. The van der Waals surface area contributed by atoms with Crippen molar-refractivity contribution >= 4 is 5.91 Å². The summed E-state index contributed by atoms with van der Waals surface area (Å²) in [4.78, 5) is 13.9. The number of nitrogens with two attached hydrogens (primary N) is 1. The molecule has 1 amide bonds. The van der Waals surface area contributed by atoms with Gasteiger partial charge in [0.15, 0.2) is 0 Å². The van der Waals surface area contributed by atoms with Crippen LogP contribution in [0.2, 0.25) is 0 Å². The molecule has 2 heterocycles. The number of hydrogen-bond donors (Lipinski definition) is 2. The lowest BCUT2D eigenvalue weighted by Gasteiger charge is -2.31. The van der Waals surface area contributed by atoms with E-state index in [1.807, 2.05) is 0 Å². The van der Waals surface area contributed by atoms with E-state index in [0.29, 0.717) is 11.6 Å². The highest BCUT2D eigenvalue weighted by Crippen LogP contribution is 2.36. The number of carbonyl (C=O) groups excluding carboxylic acids is 1. The average Bonchev–Trinajstić information content (AvgIpc) is 3.06. The van der Waals surface area contributed by atoms with Crippen LogP contribution >= 0.6 is 0 Å². The Kier molecular flexibility index (Phi) is 3.57. The van der Waals surface area contributed by atoms with Gasteiger partial charge in [0.05, 0.1) is 12.1 Å². The van der Waals surface area contributed by atoms with E-state index >= 15 is 0 Å². The molecule has 0 spiro atoms. The van der Waals surface area contributed by atoms with Crippen LogP contribution in [-0.4, -0.2) is 23.4 Å². The molecule has 2 unspecified atom stereocenters. The van der Waals surface area contributed by atoms with E-state index in [0.717, 1.165) is 24.8 Å². The normalized spacial score (nSPS) is 27.2. The zero-order valence-corrected chi connectivity index (χ0v) is 11.1. The molecule has 0 radical (unpaired) electrons. The van der Waals surface area contributed by atoms with Gasteiger partial charge in [-0.3, -0.25) is 15.1 Å². The van der Waals surface area contributed by atoms with Gasteiger partial charge in [-0.2, -0.15) is 0 Å². The lowest BCUT2D eigenvalue weighted by Crippen LogP contribution is -2.34. The third kappa shape index (κ3) is 2.53. The second-order valence-electron chi connectivity index (χ2n) is 5.65. The molecule has 2 fully saturated rings.